The van der Waals surface area contributed by atoms with Gasteiger partial charge in [0.2, 0.25) is 0 Å². The van der Waals surface area contributed by atoms with Gasteiger partial charge in [0.05, 0.1) is 0 Å². The van der Waals surface area contributed by atoms with E-state index in [2.05, 4.69) is 137 Å². The van der Waals surface area contributed by atoms with E-state index in [4.69, 9.17) is 0 Å². The minimum Gasteiger partial charge on any atom is -0.242 e. The maximum Gasteiger partial charge on any atom is 0.572 e. The van der Waals surface area contributed by atoms with E-state index in [0.717, 1.165) is 0 Å². The first-order valence-electron chi connectivity index (χ1n) is 13.6. The first kappa shape index (κ1) is 37.2. The summed E-state index contributed by atoms with van der Waals surface area (Å²) in [6.07, 6.45) is -3.64. The molecule has 0 aromatic carbocycles. The Morgan fingerprint density at radius 1 is 0.257 bits per heavy atom. The third kappa shape index (κ3) is 4.97. The van der Waals surface area contributed by atoms with Gasteiger partial charge in [-0.05, 0) is 0 Å². The van der Waals surface area contributed by atoms with Gasteiger partial charge >= 0.3 is 8.59 Å². The Morgan fingerprint density at radius 3 is 0.429 bits per heavy atom. The molecule has 0 rings (SSSR count). The molecule has 0 fully saturated rings. The molecule has 0 radical (unpaired) electrons. The Kier molecular flexibility index (Phi) is 10.2. The highest BCUT2D eigenvalue weighted by atomic mass is 30.5. The molecule has 0 nitrogen and oxygen atoms in total. The van der Waals surface area contributed by atoms with Crippen molar-refractivity contribution in [3.8, 4) is 0 Å². The van der Waals surface area contributed by atoms with E-state index in [0.29, 0.717) is 0 Å². The van der Waals surface area contributed by atoms with Gasteiger partial charge in [0.1, 0.15) is 6.14 Å². The van der Waals surface area contributed by atoms with E-state index in [1.807, 2.05) is 0 Å². The van der Waals surface area contributed by atoms with Gasteiger partial charge in [-0.2, -0.15) is 0 Å². The third-order valence-electron chi connectivity index (χ3n) is 11.7. The van der Waals surface area contributed by atoms with Crippen molar-refractivity contribution in [1.29, 1.82) is 0 Å². The summed E-state index contributed by atoms with van der Waals surface area (Å²) in [4.78, 5) is 0. The van der Waals surface area contributed by atoms with Crippen LogP contribution < -0.4 is 0 Å². The van der Waals surface area contributed by atoms with Crippen molar-refractivity contribution in [3.05, 3.63) is 0 Å². The van der Waals surface area contributed by atoms with E-state index in [1.54, 1.807) is 0 Å². The number of hydrogen-bond acceptors (Lipinski definition) is 0. The fourth-order valence-corrected chi connectivity index (χ4v) is 572. The Hall–Kier alpha value is 2.18. The third-order valence-corrected chi connectivity index (χ3v) is 295. The second-order valence-electron chi connectivity index (χ2n) is 18.1. The number of halogens is 3. The Balaban J connectivity index is 9.48. The molecular formula is C21H63F3Si11. The van der Waals surface area contributed by atoms with Crippen LogP contribution in [0.5, 0.6) is 0 Å². The summed E-state index contributed by atoms with van der Waals surface area (Å²) in [5, 5.41) is 0. The largest absolute Gasteiger partial charge is 0.572 e. The first-order valence-corrected chi connectivity index (χ1v) is 55.7. The Morgan fingerprint density at radius 2 is 0.371 bits per heavy atom. The average Bonchev–Trinajstić information content (AvgIpc) is 2.46. The fourth-order valence-electron chi connectivity index (χ4n) is 9.10. The zero-order valence-electron chi connectivity index (χ0n) is 27.6. The minimum atomic E-state index is -5.97. The fraction of sp³-hybridized carbons (Fsp3) is 1.00. The van der Waals surface area contributed by atoms with Gasteiger partial charge in [-0.3, -0.25) is 0 Å². The van der Waals surface area contributed by atoms with Crippen LogP contribution in [0.15, 0.2) is 0 Å². The summed E-state index contributed by atoms with van der Waals surface area (Å²) in [6.45, 7) is 43.4. The summed E-state index contributed by atoms with van der Waals surface area (Å²) >= 11 is 0. The molecule has 0 spiro atoms. The van der Waals surface area contributed by atoms with Crippen molar-refractivity contribution in [1.82, 2.24) is 0 Å². The van der Waals surface area contributed by atoms with E-state index in [1.165, 1.54) is 0 Å². The predicted molar refractivity (Wildman–Crippen MR) is 190 cm³/mol. The molecule has 212 valence electrons. The zero-order chi connectivity index (χ0) is 29.5. The highest BCUT2D eigenvalue weighted by Gasteiger charge is 2.92. The molecule has 0 aliphatic rings. The van der Waals surface area contributed by atoms with Crippen LogP contribution >= 0.6 is 0 Å². The van der Waals surface area contributed by atoms with Crippen molar-refractivity contribution >= 4 is 80.2 Å². The van der Waals surface area contributed by atoms with E-state index < -0.39 is 80.2 Å². The molecule has 35 heavy (non-hydrogen) atoms. The summed E-state index contributed by atoms with van der Waals surface area (Å²) in [7, 11) is -18.5. The smallest absolute Gasteiger partial charge is 0.242 e. The summed E-state index contributed by atoms with van der Waals surface area (Å²) in [6, 6.07) is 0. The van der Waals surface area contributed by atoms with Gasteiger partial charge in [-0.25, -0.2) is 12.3 Å². The lowest BCUT2D eigenvalue weighted by molar-refractivity contribution is 0.513. The molecule has 0 amide bonds. The topological polar surface area (TPSA) is 0 Å². The molecule has 0 bridgehead atoms. The van der Waals surface area contributed by atoms with Crippen LogP contribution in [0.1, 0.15) is 0 Å². The first-order chi connectivity index (χ1) is 14.5. The van der Waals surface area contributed by atoms with E-state index in [-0.39, 0.29) is 0 Å². The molecular weight excluding hydrogens is 618 g/mol. The lowest BCUT2D eigenvalue weighted by Gasteiger charge is -2.76. The van der Waals surface area contributed by atoms with Gasteiger partial charge in [-0.15, -0.1) is 0 Å². The van der Waals surface area contributed by atoms with Crippen molar-refractivity contribution in [2.24, 2.45) is 0 Å². The molecule has 0 unspecified atom stereocenters. The molecule has 0 heterocycles. The van der Waals surface area contributed by atoms with E-state index in [9.17, 15) is 0 Å². The Labute approximate surface area is 228 Å². The monoisotopic (exact) mass is 680 g/mol. The molecule has 0 atom stereocenters. The summed E-state index contributed by atoms with van der Waals surface area (Å²) < 4.78 is 52.4. The van der Waals surface area contributed by atoms with E-state index >= 15 is 12.3 Å². The lowest BCUT2D eigenvalue weighted by Crippen LogP contribution is -3.12. The molecule has 14 heteroatoms. The molecule has 0 saturated carbocycles. The van der Waals surface area contributed by atoms with Crippen molar-refractivity contribution < 1.29 is 12.3 Å². The number of rotatable bonds is 10. The van der Waals surface area contributed by atoms with Crippen LogP contribution in [0.4, 0.5) is 12.3 Å². The molecule has 0 aliphatic carbocycles. The van der Waals surface area contributed by atoms with Crippen LogP contribution in [-0.4, -0.2) is 80.2 Å². The van der Waals surface area contributed by atoms with Gasteiger partial charge in [0.15, 0.2) is 0 Å². The minimum absolute atomic E-state index is 2.09. The molecule has 0 saturated heterocycles. The van der Waals surface area contributed by atoms with Crippen molar-refractivity contribution in [3.63, 3.8) is 0 Å². The van der Waals surface area contributed by atoms with Gasteiger partial charge in [-0.1, -0.05) is 137 Å². The SMILES string of the molecule is C[Si](C)(C)[Si](C)([Si](C)(C)C)[Si]([Si](F)(F)F)([Si](C)([Si](C)(C)C)[Si](C)(C)C)[Si](C)([Si](C)(C)C)[Si](C)(C)C. The van der Waals surface area contributed by atoms with Gasteiger partial charge < -0.3 is 0 Å². The maximum absolute atomic E-state index is 17.5. The average molecular weight is 682 g/mol. The second-order valence-corrected chi connectivity index (χ2v) is 142. The highest BCUT2D eigenvalue weighted by molar-refractivity contribution is 8.34. The van der Waals surface area contributed by atoms with Crippen LogP contribution in [0.2, 0.25) is 137 Å². The highest BCUT2D eigenvalue weighted by Crippen LogP contribution is 2.58. The number of hydrogen-bond donors (Lipinski definition) is 0. The van der Waals surface area contributed by atoms with Gasteiger partial charge in [0.25, 0.3) is 0 Å². The zero-order valence-corrected chi connectivity index (χ0v) is 38.6. The van der Waals surface area contributed by atoms with Crippen LogP contribution in [0, 0.1) is 0 Å². The molecule has 0 N–H and O–H groups in total. The van der Waals surface area contributed by atoms with Gasteiger partial charge in [0, 0.05) is 65.4 Å². The maximum atomic E-state index is 17.5. The molecule has 0 aliphatic heterocycles. The molecule has 0 aromatic rings. The van der Waals surface area contributed by atoms with Crippen molar-refractivity contribution in [2.45, 2.75) is 137 Å². The lowest BCUT2D eigenvalue weighted by atomic mass is 11.8. The van der Waals surface area contributed by atoms with Crippen LogP contribution in [-0.2, 0) is 0 Å². The Bertz CT molecular complexity index is 633. The normalized spacial score (nSPS) is 17.1. The van der Waals surface area contributed by atoms with Crippen molar-refractivity contribution in [2.75, 3.05) is 0 Å². The van der Waals surface area contributed by atoms with Crippen LogP contribution in [0.3, 0.4) is 0 Å². The second kappa shape index (κ2) is 9.63. The molecule has 0 aromatic heterocycles. The standard InChI is InChI=1S/C21H63F3Si11/c1-25(2,3)31(19,26(4,5)6)35(34(22,23)24,32(20,27(7,8)9)28(10,11)12)33(21,29(13,14)15)30(16,17)18/h1-21H3. The summed E-state index contributed by atoms with van der Waals surface area (Å²) in [5.41, 5.74) is 0. The predicted octanol–water partition coefficient (Wildman–Crippen LogP) is 9.33. The van der Waals surface area contributed by atoms with Crippen LogP contribution in [0.25, 0.3) is 0 Å². The quantitative estimate of drug-likeness (QED) is 0.159. The summed E-state index contributed by atoms with van der Waals surface area (Å²) in [5.74, 6) is 0.